The van der Waals surface area contributed by atoms with Crippen molar-refractivity contribution in [3.8, 4) is 0 Å². The van der Waals surface area contributed by atoms with E-state index in [0.29, 0.717) is 78.5 Å². The molecule has 226 valence electrons. The summed E-state index contributed by atoms with van der Waals surface area (Å²) in [5.74, 6) is -0.670. The van der Waals surface area contributed by atoms with Gasteiger partial charge in [-0.2, -0.15) is 0 Å². The zero-order valence-corrected chi connectivity index (χ0v) is 23.7. The minimum atomic E-state index is -0.795. The van der Waals surface area contributed by atoms with E-state index in [1.807, 2.05) is 6.92 Å². The molecule has 0 aromatic rings. The van der Waals surface area contributed by atoms with Crippen LogP contribution in [0.1, 0.15) is 64.7 Å². The zero-order valence-electron chi connectivity index (χ0n) is 23.7. The van der Waals surface area contributed by atoms with Crippen LogP contribution >= 0.6 is 0 Å². The minimum absolute atomic E-state index is 0.0146. The standard InChI is InChI=1S/C26H50N6O7/c1-2-23(8-9-25(34)30-14-6-13-28-11-5-12-29-15-10-26(35)36)24(33)7-3-4-17-37-19-21-39-22-20-38-18-16-31-32-27/h23,28-29H,2-22H2,1H3,(H,30,34)(H,35,36). The quantitative estimate of drug-likeness (QED) is 0.0445. The molecule has 13 nitrogen and oxygen atoms in total. The Hall–Kier alpha value is -2.28. The van der Waals surface area contributed by atoms with Crippen molar-refractivity contribution in [3.63, 3.8) is 0 Å². The third-order valence-corrected chi connectivity index (χ3v) is 5.85. The Morgan fingerprint density at radius 1 is 0.795 bits per heavy atom. The summed E-state index contributed by atoms with van der Waals surface area (Å²) in [5.41, 5.74) is 8.14. The third-order valence-electron chi connectivity index (χ3n) is 5.85. The van der Waals surface area contributed by atoms with Crippen LogP contribution in [0.25, 0.3) is 10.4 Å². The second kappa shape index (κ2) is 28.7. The van der Waals surface area contributed by atoms with E-state index in [4.69, 9.17) is 24.8 Å². The van der Waals surface area contributed by atoms with Gasteiger partial charge in [0.1, 0.15) is 5.78 Å². The van der Waals surface area contributed by atoms with Gasteiger partial charge in [-0.3, -0.25) is 14.4 Å². The number of nitrogens with zero attached hydrogens (tertiary/aromatic N) is 3. The SMILES string of the molecule is CCC(CCC(=O)NCCCNCCCNCCC(=O)O)C(=O)CCCCOCCOCCOCCN=[N+]=[N-]. The third kappa shape index (κ3) is 27.1. The van der Waals surface area contributed by atoms with E-state index in [1.165, 1.54) is 0 Å². The van der Waals surface area contributed by atoms with Gasteiger partial charge in [-0.1, -0.05) is 12.0 Å². The van der Waals surface area contributed by atoms with Crippen LogP contribution in [-0.2, 0) is 28.6 Å². The van der Waals surface area contributed by atoms with Crippen molar-refractivity contribution in [2.24, 2.45) is 11.0 Å². The van der Waals surface area contributed by atoms with Gasteiger partial charge in [0.2, 0.25) is 5.91 Å². The lowest BCUT2D eigenvalue weighted by Gasteiger charge is -2.14. The summed E-state index contributed by atoms with van der Waals surface area (Å²) in [4.78, 5) is 37.7. The number of carboxylic acid groups (broad SMARTS) is 1. The molecule has 1 atom stereocenters. The molecule has 0 fully saturated rings. The number of aliphatic carboxylic acids is 1. The van der Waals surface area contributed by atoms with Crippen LogP contribution in [0.2, 0.25) is 0 Å². The van der Waals surface area contributed by atoms with Gasteiger partial charge < -0.3 is 35.3 Å². The molecule has 0 bridgehead atoms. The van der Waals surface area contributed by atoms with E-state index >= 15 is 0 Å². The number of carbonyl (C=O) groups excluding carboxylic acids is 2. The summed E-state index contributed by atoms with van der Waals surface area (Å²) in [7, 11) is 0. The molecule has 0 saturated heterocycles. The molecular weight excluding hydrogens is 508 g/mol. The first kappa shape index (κ1) is 36.7. The molecule has 4 N–H and O–H groups in total. The molecule has 0 heterocycles. The van der Waals surface area contributed by atoms with Crippen LogP contribution in [0.4, 0.5) is 0 Å². The molecule has 0 aliphatic rings. The largest absolute Gasteiger partial charge is 0.481 e. The van der Waals surface area contributed by atoms with Crippen molar-refractivity contribution in [2.45, 2.75) is 64.7 Å². The number of carboxylic acids is 1. The highest BCUT2D eigenvalue weighted by Crippen LogP contribution is 2.16. The van der Waals surface area contributed by atoms with Crippen LogP contribution in [0.15, 0.2) is 5.11 Å². The summed E-state index contributed by atoms with van der Waals surface area (Å²) in [5, 5.41) is 21.2. The summed E-state index contributed by atoms with van der Waals surface area (Å²) in [6.45, 7) is 8.65. The first-order chi connectivity index (χ1) is 19.0. The van der Waals surface area contributed by atoms with Crippen molar-refractivity contribution in [2.75, 3.05) is 78.9 Å². The predicted octanol–water partition coefficient (Wildman–Crippen LogP) is 2.44. The molecular formula is C26H50N6O7. The van der Waals surface area contributed by atoms with Gasteiger partial charge in [-0.05, 0) is 63.7 Å². The summed E-state index contributed by atoms with van der Waals surface area (Å²) in [6, 6.07) is 0. The van der Waals surface area contributed by atoms with Crippen molar-refractivity contribution >= 4 is 17.7 Å². The maximum absolute atomic E-state index is 12.5. The molecule has 0 aliphatic heterocycles. The highest BCUT2D eigenvalue weighted by molar-refractivity contribution is 5.82. The number of hydrogen-bond acceptors (Lipinski definition) is 9. The predicted molar refractivity (Wildman–Crippen MR) is 149 cm³/mol. The fraction of sp³-hybridized carbons (Fsp3) is 0.885. The Morgan fingerprint density at radius 2 is 1.41 bits per heavy atom. The van der Waals surface area contributed by atoms with Crippen molar-refractivity contribution < 1.29 is 33.7 Å². The van der Waals surface area contributed by atoms with E-state index in [-0.39, 0.29) is 24.0 Å². The summed E-state index contributed by atoms with van der Waals surface area (Å²) in [6.07, 6.45) is 5.65. The van der Waals surface area contributed by atoms with Gasteiger partial charge >= 0.3 is 5.97 Å². The monoisotopic (exact) mass is 558 g/mol. The lowest BCUT2D eigenvalue weighted by molar-refractivity contribution is -0.137. The highest BCUT2D eigenvalue weighted by atomic mass is 16.5. The molecule has 39 heavy (non-hydrogen) atoms. The Kier molecular flexibility index (Phi) is 27.0. The molecule has 0 aromatic carbocycles. The fourth-order valence-electron chi connectivity index (χ4n) is 3.61. The number of ether oxygens (including phenoxy) is 3. The smallest absolute Gasteiger partial charge is 0.304 e. The average Bonchev–Trinajstić information content (AvgIpc) is 2.92. The molecule has 1 unspecified atom stereocenters. The number of nitrogens with one attached hydrogen (secondary N) is 3. The summed E-state index contributed by atoms with van der Waals surface area (Å²) < 4.78 is 16.1. The van der Waals surface area contributed by atoms with E-state index in [0.717, 1.165) is 51.7 Å². The Morgan fingerprint density at radius 3 is 2.05 bits per heavy atom. The van der Waals surface area contributed by atoms with Gasteiger partial charge in [-0.25, -0.2) is 0 Å². The zero-order chi connectivity index (χ0) is 28.8. The maximum Gasteiger partial charge on any atom is 0.304 e. The van der Waals surface area contributed by atoms with E-state index in [1.54, 1.807) is 0 Å². The lowest BCUT2D eigenvalue weighted by atomic mass is 9.92. The van der Waals surface area contributed by atoms with E-state index in [9.17, 15) is 14.4 Å². The fourth-order valence-corrected chi connectivity index (χ4v) is 3.61. The van der Waals surface area contributed by atoms with Crippen molar-refractivity contribution in [3.05, 3.63) is 10.4 Å². The number of hydrogen-bond donors (Lipinski definition) is 4. The number of amides is 1. The van der Waals surface area contributed by atoms with Crippen LogP contribution < -0.4 is 16.0 Å². The first-order valence-corrected chi connectivity index (χ1v) is 14.2. The van der Waals surface area contributed by atoms with Gasteiger partial charge in [0.05, 0.1) is 39.5 Å². The Balaban J connectivity index is 3.57. The number of ketones is 1. The molecule has 0 aromatic heterocycles. The molecule has 0 radical (unpaired) electrons. The van der Waals surface area contributed by atoms with Gasteiger partial charge in [0.15, 0.2) is 0 Å². The number of azide groups is 1. The molecule has 0 aliphatic carbocycles. The van der Waals surface area contributed by atoms with Crippen LogP contribution in [-0.4, -0.2) is 102 Å². The summed E-state index contributed by atoms with van der Waals surface area (Å²) >= 11 is 0. The maximum atomic E-state index is 12.5. The highest BCUT2D eigenvalue weighted by Gasteiger charge is 2.17. The van der Waals surface area contributed by atoms with Gasteiger partial charge in [0, 0.05) is 49.9 Å². The average molecular weight is 559 g/mol. The Bertz CT molecular complexity index is 677. The normalized spacial score (nSPS) is 11.6. The van der Waals surface area contributed by atoms with Crippen LogP contribution in [0.3, 0.4) is 0 Å². The van der Waals surface area contributed by atoms with E-state index in [2.05, 4.69) is 26.0 Å². The van der Waals surface area contributed by atoms with Crippen LogP contribution in [0, 0.1) is 5.92 Å². The molecule has 13 heteroatoms. The molecule has 1 amide bonds. The number of Topliss-reactive ketones (excluding diaryl/α,β-unsaturated/α-hetero) is 1. The molecule has 0 saturated carbocycles. The van der Waals surface area contributed by atoms with E-state index < -0.39 is 5.97 Å². The topological polar surface area (TPSA) is 184 Å². The molecule has 0 rings (SSSR count). The first-order valence-electron chi connectivity index (χ1n) is 14.2. The number of unbranched alkanes of at least 4 members (excludes halogenated alkanes) is 1. The van der Waals surface area contributed by atoms with Crippen molar-refractivity contribution in [1.29, 1.82) is 0 Å². The second-order valence-corrected chi connectivity index (χ2v) is 9.06. The Labute approximate surface area is 232 Å². The number of carbonyl (C=O) groups is 3. The minimum Gasteiger partial charge on any atom is -0.481 e. The van der Waals surface area contributed by atoms with Crippen LogP contribution in [0.5, 0.6) is 0 Å². The second-order valence-electron chi connectivity index (χ2n) is 9.06. The lowest BCUT2D eigenvalue weighted by Crippen LogP contribution is -2.29. The van der Waals surface area contributed by atoms with Crippen molar-refractivity contribution in [1.82, 2.24) is 16.0 Å². The van der Waals surface area contributed by atoms with Gasteiger partial charge in [0.25, 0.3) is 0 Å². The number of rotatable bonds is 30. The molecule has 0 spiro atoms. The van der Waals surface area contributed by atoms with Gasteiger partial charge in [-0.15, -0.1) is 0 Å².